The third-order valence-corrected chi connectivity index (χ3v) is 14.1. The van der Waals surface area contributed by atoms with Gasteiger partial charge in [0.2, 0.25) is 5.91 Å². The number of hydrogen-bond donors (Lipinski definition) is 7. The van der Waals surface area contributed by atoms with Crippen molar-refractivity contribution in [3.63, 3.8) is 0 Å². The topological polar surface area (TPSA) is 169 Å². The summed E-state index contributed by atoms with van der Waals surface area (Å²) in [5.41, 5.74) is 0. The van der Waals surface area contributed by atoms with Gasteiger partial charge in [-0.3, -0.25) is 4.79 Å². The van der Waals surface area contributed by atoms with Crippen LogP contribution in [-0.4, -0.2) is 98.7 Å². The summed E-state index contributed by atoms with van der Waals surface area (Å²) in [4.78, 5) is 13.0. The summed E-state index contributed by atoms with van der Waals surface area (Å²) < 4.78 is 11.2. The zero-order valence-electron chi connectivity index (χ0n) is 42.6. The summed E-state index contributed by atoms with van der Waals surface area (Å²) in [6, 6.07) is -0.984. The van der Waals surface area contributed by atoms with Crippen LogP contribution in [0.3, 0.4) is 0 Å². The maximum atomic E-state index is 13.0. The van der Waals surface area contributed by atoms with Crippen LogP contribution in [0.2, 0.25) is 0 Å². The number of carbonyl (C=O) groups excluding carboxylic acids is 1. The first-order valence-electron chi connectivity index (χ1n) is 28.3. The van der Waals surface area contributed by atoms with Crippen LogP contribution in [0.1, 0.15) is 284 Å². The van der Waals surface area contributed by atoms with Gasteiger partial charge in [0, 0.05) is 6.42 Å². The van der Waals surface area contributed by atoms with Gasteiger partial charge in [0.15, 0.2) is 6.29 Å². The quantitative estimate of drug-likeness (QED) is 0.0294. The number of rotatable bonds is 49. The van der Waals surface area contributed by atoms with Crippen molar-refractivity contribution in [2.45, 2.75) is 332 Å². The van der Waals surface area contributed by atoms with Gasteiger partial charge < -0.3 is 45.4 Å². The normalized spacial score (nSPS) is 20.3. The van der Waals surface area contributed by atoms with Gasteiger partial charge in [-0.05, 0) is 12.8 Å². The van der Waals surface area contributed by atoms with E-state index in [-0.39, 0.29) is 18.9 Å². The van der Waals surface area contributed by atoms with E-state index >= 15 is 0 Å². The predicted molar refractivity (Wildman–Crippen MR) is 269 cm³/mol. The number of aliphatic hydroxyl groups is 6. The summed E-state index contributed by atoms with van der Waals surface area (Å²) >= 11 is 0. The van der Waals surface area contributed by atoms with Gasteiger partial charge in [-0.1, -0.05) is 264 Å². The first kappa shape index (κ1) is 62.2. The van der Waals surface area contributed by atoms with E-state index in [4.69, 9.17) is 9.47 Å². The highest BCUT2D eigenvalue weighted by molar-refractivity contribution is 5.76. The molecule has 0 radical (unpaired) electrons. The molecule has 10 heteroatoms. The molecule has 0 spiro atoms. The van der Waals surface area contributed by atoms with Crippen LogP contribution in [-0.2, 0) is 14.3 Å². The summed E-state index contributed by atoms with van der Waals surface area (Å²) in [7, 11) is 0. The van der Waals surface area contributed by atoms with Gasteiger partial charge in [0.05, 0.1) is 25.4 Å². The lowest BCUT2D eigenvalue weighted by Crippen LogP contribution is -2.60. The van der Waals surface area contributed by atoms with E-state index in [9.17, 15) is 35.4 Å². The Labute approximate surface area is 400 Å². The van der Waals surface area contributed by atoms with Crippen LogP contribution in [0.25, 0.3) is 0 Å². The molecule has 0 aromatic carbocycles. The van der Waals surface area contributed by atoms with Crippen molar-refractivity contribution in [3.8, 4) is 0 Å². The van der Waals surface area contributed by atoms with Crippen molar-refractivity contribution < 1.29 is 44.9 Å². The van der Waals surface area contributed by atoms with Gasteiger partial charge in [-0.25, -0.2) is 0 Å². The lowest BCUT2D eigenvalue weighted by Gasteiger charge is -2.40. The molecule has 1 amide bonds. The minimum atomic E-state index is -1.60. The second-order valence-corrected chi connectivity index (χ2v) is 20.2. The van der Waals surface area contributed by atoms with Crippen LogP contribution in [0.4, 0.5) is 0 Å². The van der Waals surface area contributed by atoms with Gasteiger partial charge in [-0.15, -0.1) is 0 Å². The standard InChI is InChI=1S/C55H109NO9/c1-3-5-7-9-11-13-14-15-16-17-18-19-20-21-22-23-24-25-26-27-28-29-30-31-32-33-34-35-36-38-40-42-44-50(59)56-47(46-64-55-54(63)53(62)52(61)49(45-57)65-55)51(60)48(58)43-41-39-37-12-10-8-6-4-2/h47-49,51-55,57-58,60-63H,3-46H2,1-2H3,(H,56,59)/t47-,48+,49+,51-,52+,53?,54?,55+/m0/s1. The van der Waals surface area contributed by atoms with Crippen LogP contribution in [0, 0.1) is 0 Å². The highest BCUT2D eigenvalue weighted by atomic mass is 16.7. The molecular weight excluding hydrogens is 819 g/mol. The van der Waals surface area contributed by atoms with E-state index < -0.39 is 55.6 Å². The number of nitrogens with one attached hydrogen (secondary N) is 1. The third kappa shape index (κ3) is 35.0. The molecule has 1 saturated heterocycles. The molecule has 65 heavy (non-hydrogen) atoms. The predicted octanol–water partition coefficient (Wildman–Crippen LogP) is 12.4. The van der Waals surface area contributed by atoms with Crippen molar-refractivity contribution in [2.24, 2.45) is 0 Å². The number of amides is 1. The zero-order chi connectivity index (χ0) is 47.4. The molecule has 1 rings (SSSR count). The highest BCUT2D eigenvalue weighted by Gasteiger charge is 2.44. The number of ether oxygens (including phenoxy) is 2. The van der Waals surface area contributed by atoms with Crippen LogP contribution in [0.5, 0.6) is 0 Å². The molecule has 0 bridgehead atoms. The third-order valence-electron chi connectivity index (χ3n) is 14.1. The second-order valence-electron chi connectivity index (χ2n) is 20.2. The fourth-order valence-electron chi connectivity index (χ4n) is 9.50. The molecule has 10 nitrogen and oxygen atoms in total. The molecule has 388 valence electrons. The fourth-order valence-corrected chi connectivity index (χ4v) is 9.50. The summed E-state index contributed by atoms with van der Waals surface area (Å²) in [6.45, 7) is 3.60. The molecule has 0 aromatic rings. The smallest absolute Gasteiger partial charge is 0.220 e. The Kier molecular flexibility index (Phi) is 43.6. The molecular formula is C55H109NO9. The van der Waals surface area contributed by atoms with Gasteiger partial charge in [-0.2, -0.15) is 0 Å². The van der Waals surface area contributed by atoms with E-state index in [0.29, 0.717) is 6.42 Å². The van der Waals surface area contributed by atoms with E-state index in [1.807, 2.05) is 0 Å². The van der Waals surface area contributed by atoms with E-state index in [2.05, 4.69) is 19.2 Å². The number of aliphatic hydroxyl groups excluding tert-OH is 6. The second kappa shape index (κ2) is 45.6. The SMILES string of the molecule is CCCCCCCCCCCCCCCCCCCCCCCCCCCCCCCCCCC(=O)N[C@@H](CO[C@@H]1O[C@H](CO)[C@@H](O)C(O)C1O)[C@H](O)[C@H](O)CCCCCCCCCC. The molecule has 1 fully saturated rings. The lowest BCUT2D eigenvalue weighted by atomic mass is 9.98. The summed E-state index contributed by atoms with van der Waals surface area (Å²) in [6.07, 6.45) is 43.2. The van der Waals surface area contributed by atoms with Gasteiger partial charge in [0.25, 0.3) is 0 Å². The Hall–Kier alpha value is -0.850. The maximum Gasteiger partial charge on any atom is 0.220 e. The minimum absolute atomic E-state index is 0.253. The average Bonchev–Trinajstić information content (AvgIpc) is 3.31. The Morgan fingerprint density at radius 1 is 0.477 bits per heavy atom. The highest BCUT2D eigenvalue weighted by Crippen LogP contribution is 2.23. The largest absolute Gasteiger partial charge is 0.394 e. The van der Waals surface area contributed by atoms with Crippen molar-refractivity contribution in [3.05, 3.63) is 0 Å². The monoisotopic (exact) mass is 928 g/mol. The van der Waals surface area contributed by atoms with E-state index in [0.717, 1.165) is 44.9 Å². The number of carbonyl (C=O) groups is 1. The zero-order valence-corrected chi connectivity index (χ0v) is 42.6. The van der Waals surface area contributed by atoms with Crippen molar-refractivity contribution in [1.29, 1.82) is 0 Å². The molecule has 8 atom stereocenters. The molecule has 0 aromatic heterocycles. The maximum absolute atomic E-state index is 13.0. The van der Waals surface area contributed by atoms with Crippen molar-refractivity contribution in [1.82, 2.24) is 5.32 Å². The molecule has 0 aliphatic carbocycles. The molecule has 1 aliphatic rings. The fraction of sp³-hybridized carbons (Fsp3) is 0.982. The first-order chi connectivity index (χ1) is 31.8. The van der Waals surface area contributed by atoms with Crippen LogP contribution < -0.4 is 5.32 Å². The molecule has 7 N–H and O–H groups in total. The molecule has 1 heterocycles. The molecule has 2 unspecified atom stereocenters. The Morgan fingerprint density at radius 3 is 1.14 bits per heavy atom. The van der Waals surface area contributed by atoms with Crippen LogP contribution >= 0.6 is 0 Å². The van der Waals surface area contributed by atoms with Crippen molar-refractivity contribution >= 4 is 5.91 Å². The Balaban J connectivity index is 2.08. The number of unbranched alkanes of at least 4 members (excludes halogenated alkanes) is 38. The minimum Gasteiger partial charge on any atom is -0.394 e. The summed E-state index contributed by atoms with van der Waals surface area (Å²) in [5, 5.41) is 65.1. The molecule has 0 saturated carbocycles. The van der Waals surface area contributed by atoms with E-state index in [1.54, 1.807) is 0 Å². The lowest BCUT2D eigenvalue weighted by molar-refractivity contribution is -0.303. The van der Waals surface area contributed by atoms with Crippen LogP contribution in [0.15, 0.2) is 0 Å². The first-order valence-corrected chi connectivity index (χ1v) is 28.3. The van der Waals surface area contributed by atoms with Crippen molar-refractivity contribution in [2.75, 3.05) is 13.2 Å². The average molecular weight is 928 g/mol. The van der Waals surface area contributed by atoms with E-state index in [1.165, 1.54) is 212 Å². The Bertz CT molecular complexity index is 1000. The van der Waals surface area contributed by atoms with Gasteiger partial charge in [0.1, 0.15) is 30.5 Å². The summed E-state index contributed by atoms with van der Waals surface area (Å²) in [5.74, 6) is -0.253. The number of hydrogen-bond acceptors (Lipinski definition) is 9. The van der Waals surface area contributed by atoms with Gasteiger partial charge >= 0.3 is 0 Å². The molecule has 1 aliphatic heterocycles. The Morgan fingerprint density at radius 2 is 0.800 bits per heavy atom.